The number of carbonyl (C=O) groups is 2. The standard InChI is InChI=1S/C27H19FN2O6S/c1-34-15-7-8-18-21(13-15)37-27(29-18)30-23(16-4-2-3-5-17(16)28)22(25(32)26(30)33)24(31)14-6-9-19-20(12-14)36-11-10-35-19/h2-9,12-13,23,31H,10-11H2,1H3. The largest absolute Gasteiger partial charge is 0.507 e. The predicted octanol–water partition coefficient (Wildman–Crippen LogP) is 4.84. The second kappa shape index (κ2) is 8.90. The molecule has 1 aromatic heterocycles. The summed E-state index contributed by atoms with van der Waals surface area (Å²) in [5, 5.41) is 11.5. The topological polar surface area (TPSA) is 98.2 Å². The molecule has 2 aliphatic rings. The zero-order chi connectivity index (χ0) is 25.7. The van der Waals surface area contributed by atoms with E-state index >= 15 is 4.39 Å². The Labute approximate surface area is 214 Å². The molecule has 1 N–H and O–H groups in total. The molecular weight excluding hydrogens is 499 g/mol. The van der Waals surface area contributed by atoms with Crippen LogP contribution in [0, 0.1) is 5.82 Å². The van der Waals surface area contributed by atoms with E-state index in [1.54, 1.807) is 36.4 Å². The van der Waals surface area contributed by atoms with Crippen LogP contribution in [0.3, 0.4) is 0 Å². The molecule has 1 unspecified atom stereocenters. The van der Waals surface area contributed by atoms with Gasteiger partial charge in [-0.1, -0.05) is 29.5 Å². The molecule has 8 nitrogen and oxygen atoms in total. The Bertz CT molecular complexity index is 1610. The number of Topliss-reactive ketones (excluding diaryl/α,β-unsaturated/α-hetero) is 1. The summed E-state index contributed by atoms with van der Waals surface area (Å²) in [5.74, 6) is -1.44. The fourth-order valence-electron chi connectivity index (χ4n) is 4.49. The summed E-state index contributed by atoms with van der Waals surface area (Å²) in [6.07, 6.45) is 0. The number of carbonyl (C=O) groups excluding carboxylic acids is 2. The van der Waals surface area contributed by atoms with E-state index in [0.717, 1.165) is 20.9 Å². The number of fused-ring (bicyclic) bond motifs is 2. The molecule has 4 aromatic rings. The average Bonchev–Trinajstić information content (AvgIpc) is 3.45. The van der Waals surface area contributed by atoms with Crippen LogP contribution in [0.2, 0.25) is 0 Å². The smallest absolute Gasteiger partial charge is 0.301 e. The van der Waals surface area contributed by atoms with Gasteiger partial charge in [-0.05, 0) is 42.5 Å². The molecule has 1 atom stereocenters. The van der Waals surface area contributed by atoms with Gasteiger partial charge in [0.15, 0.2) is 16.6 Å². The second-order valence-corrected chi connectivity index (χ2v) is 9.39. The third kappa shape index (κ3) is 3.77. The van der Waals surface area contributed by atoms with E-state index < -0.39 is 29.3 Å². The van der Waals surface area contributed by atoms with Crippen molar-refractivity contribution in [2.45, 2.75) is 6.04 Å². The van der Waals surface area contributed by atoms with E-state index in [1.807, 2.05) is 0 Å². The first-order chi connectivity index (χ1) is 18.0. The lowest BCUT2D eigenvalue weighted by molar-refractivity contribution is -0.132. The maximum Gasteiger partial charge on any atom is 0.301 e. The van der Waals surface area contributed by atoms with Crippen LogP contribution in [0.25, 0.3) is 16.0 Å². The summed E-state index contributed by atoms with van der Waals surface area (Å²) < 4.78 is 32.2. The number of thiazole rings is 1. The van der Waals surface area contributed by atoms with Crippen LogP contribution in [0.4, 0.5) is 9.52 Å². The minimum absolute atomic E-state index is 0.0534. The Kier molecular flexibility index (Phi) is 5.53. The predicted molar refractivity (Wildman–Crippen MR) is 135 cm³/mol. The maximum atomic E-state index is 15.1. The summed E-state index contributed by atoms with van der Waals surface area (Å²) in [6.45, 7) is 0.726. The van der Waals surface area contributed by atoms with E-state index in [0.29, 0.717) is 36.0 Å². The number of aliphatic hydroxyl groups excluding tert-OH is 1. The molecule has 0 bridgehead atoms. The highest BCUT2D eigenvalue weighted by atomic mass is 32.1. The summed E-state index contributed by atoms with van der Waals surface area (Å²) in [4.78, 5) is 32.4. The van der Waals surface area contributed by atoms with Crippen LogP contribution in [-0.2, 0) is 9.59 Å². The minimum Gasteiger partial charge on any atom is -0.507 e. The van der Waals surface area contributed by atoms with Gasteiger partial charge in [-0.3, -0.25) is 14.5 Å². The number of ketones is 1. The van der Waals surface area contributed by atoms with Crippen LogP contribution in [0.15, 0.2) is 66.2 Å². The Hall–Kier alpha value is -4.44. The van der Waals surface area contributed by atoms with Crippen molar-refractivity contribution in [1.82, 2.24) is 4.98 Å². The molecular formula is C27H19FN2O6S. The number of hydrogen-bond acceptors (Lipinski definition) is 8. The molecule has 186 valence electrons. The number of methoxy groups -OCH3 is 1. The highest BCUT2D eigenvalue weighted by molar-refractivity contribution is 7.22. The lowest BCUT2D eigenvalue weighted by Crippen LogP contribution is -2.29. The van der Waals surface area contributed by atoms with Gasteiger partial charge in [0, 0.05) is 11.1 Å². The summed E-state index contributed by atoms with van der Waals surface area (Å²) >= 11 is 1.16. The number of aromatic nitrogens is 1. The quantitative estimate of drug-likeness (QED) is 0.235. The Balaban J connectivity index is 1.54. The number of amides is 1. The van der Waals surface area contributed by atoms with Gasteiger partial charge in [0.05, 0.1) is 22.9 Å². The van der Waals surface area contributed by atoms with E-state index in [9.17, 15) is 14.7 Å². The van der Waals surface area contributed by atoms with Crippen LogP contribution in [0.5, 0.6) is 17.2 Å². The number of anilines is 1. The SMILES string of the molecule is COc1ccc2nc(N3C(=O)C(=O)C(=C(O)c4ccc5c(c4)OCCO5)C3c3ccccc3F)sc2c1. The van der Waals surface area contributed by atoms with E-state index in [-0.39, 0.29) is 21.8 Å². The van der Waals surface area contributed by atoms with Gasteiger partial charge in [0.1, 0.15) is 36.6 Å². The molecule has 1 saturated heterocycles. The van der Waals surface area contributed by atoms with Gasteiger partial charge in [-0.25, -0.2) is 9.37 Å². The summed E-state index contributed by atoms with van der Waals surface area (Å²) in [7, 11) is 1.54. The maximum absolute atomic E-state index is 15.1. The van der Waals surface area contributed by atoms with E-state index in [1.165, 1.54) is 31.4 Å². The third-order valence-electron chi connectivity index (χ3n) is 6.25. The summed E-state index contributed by atoms with van der Waals surface area (Å²) in [5.41, 5.74) is 0.626. The number of benzene rings is 3. The zero-order valence-corrected chi connectivity index (χ0v) is 20.3. The molecule has 3 aromatic carbocycles. The molecule has 0 aliphatic carbocycles. The van der Waals surface area contributed by atoms with Crippen molar-refractivity contribution >= 4 is 44.1 Å². The molecule has 3 heterocycles. The first kappa shape index (κ1) is 23.0. The molecule has 0 spiro atoms. The van der Waals surface area contributed by atoms with Gasteiger partial charge in [0.2, 0.25) is 0 Å². The number of hydrogen-bond donors (Lipinski definition) is 1. The van der Waals surface area contributed by atoms with Crippen molar-refractivity contribution in [3.8, 4) is 17.2 Å². The van der Waals surface area contributed by atoms with Crippen LogP contribution < -0.4 is 19.1 Å². The zero-order valence-electron chi connectivity index (χ0n) is 19.4. The lowest BCUT2D eigenvalue weighted by Gasteiger charge is -2.23. The van der Waals surface area contributed by atoms with Crippen molar-refractivity contribution in [3.05, 3.63) is 83.2 Å². The van der Waals surface area contributed by atoms with Gasteiger partial charge in [0.25, 0.3) is 5.78 Å². The van der Waals surface area contributed by atoms with Crippen molar-refractivity contribution < 1.29 is 33.3 Å². The van der Waals surface area contributed by atoms with E-state index in [4.69, 9.17) is 14.2 Å². The van der Waals surface area contributed by atoms with E-state index in [2.05, 4.69) is 4.98 Å². The van der Waals surface area contributed by atoms with Gasteiger partial charge >= 0.3 is 5.91 Å². The Morgan fingerprint density at radius 1 is 1.08 bits per heavy atom. The second-order valence-electron chi connectivity index (χ2n) is 8.38. The van der Waals surface area contributed by atoms with Gasteiger partial charge in [-0.2, -0.15) is 0 Å². The van der Waals surface area contributed by atoms with Crippen molar-refractivity contribution in [2.75, 3.05) is 25.2 Å². The number of rotatable bonds is 4. The monoisotopic (exact) mass is 518 g/mol. The van der Waals surface area contributed by atoms with Crippen molar-refractivity contribution in [1.29, 1.82) is 0 Å². The fraction of sp³-hybridized carbons (Fsp3) is 0.148. The number of aliphatic hydroxyl groups is 1. The highest BCUT2D eigenvalue weighted by Crippen LogP contribution is 2.45. The number of ether oxygens (including phenoxy) is 3. The Morgan fingerprint density at radius 2 is 1.86 bits per heavy atom. The van der Waals surface area contributed by atoms with Crippen LogP contribution in [-0.4, -0.2) is 42.1 Å². The normalized spacial score (nSPS) is 18.4. The molecule has 1 amide bonds. The first-order valence-electron chi connectivity index (χ1n) is 11.4. The van der Waals surface area contributed by atoms with Crippen molar-refractivity contribution in [2.24, 2.45) is 0 Å². The lowest BCUT2D eigenvalue weighted by atomic mass is 9.95. The van der Waals surface area contributed by atoms with Gasteiger partial charge in [-0.15, -0.1) is 0 Å². The highest BCUT2D eigenvalue weighted by Gasteiger charge is 2.49. The minimum atomic E-state index is -1.24. The molecule has 2 aliphatic heterocycles. The molecule has 0 saturated carbocycles. The number of nitrogens with zero attached hydrogens (tertiary/aromatic N) is 2. The molecule has 10 heteroatoms. The molecule has 6 rings (SSSR count). The fourth-order valence-corrected chi connectivity index (χ4v) is 5.51. The summed E-state index contributed by atoms with van der Waals surface area (Å²) in [6, 6.07) is 14.5. The molecule has 37 heavy (non-hydrogen) atoms. The van der Waals surface area contributed by atoms with Crippen LogP contribution in [0.1, 0.15) is 17.2 Å². The third-order valence-corrected chi connectivity index (χ3v) is 7.27. The first-order valence-corrected chi connectivity index (χ1v) is 12.2. The Morgan fingerprint density at radius 3 is 2.65 bits per heavy atom. The molecule has 1 fully saturated rings. The number of halogens is 1. The average molecular weight is 519 g/mol. The molecule has 0 radical (unpaired) electrons. The van der Waals surface area contributed by atoms with Gasteiger partial charge < -0.3 is 19.3 Å². The van der Waals surface area contributed by atoms with Crippen molar-refractivity contribution in [3.63, 3.8) is 0 Å². The van der Waals surface area contributed by atoms with Crippen LogP contribution >= 0.6 is 11.3 Å².